The summed E-state index contributed by atoms with van der Waals surface area (Å²) in [6.07, 6.45) is 0.944. The van der Waals surface area contributed by atoms with Gasteiger partial charge in [0.25, 0.3) is 0 Å². The van der Waals surface area contributed by atoms with Gasteiger partial charge in [-0.05, 0) is 31.9 Å². The van der Waals surface area contributed by atoms with Gasteiger partial charge in [0.05, 0.1) is 0 Å². The fourth-order valence-corrected chi connectivity index (χ4v) is 1.44. The zero-order chi connectivity index (χ0) is 12.1. The van der Waals surface area contributed by atoms with Crippen LogP contribution in [0.5, 0.6) is 5.75 Å². The average Bonchev–Trinajstić information content (AvgIpc) is 2.26. The van der Waals surface area contributed by atoms with E-state index in [0.717, 1.165) is 23.3 Å². The number of ether oxygens (including phenoxy) is 1. The standard InChI is InChI=1S/C14H21NO/c1-5-10(2)9-16-14-7-6-11(3)8-13(14)12(4)15/h6-8,12H,2,5,9,15H2,1,3-4H3/t12-/m0/s1. The first-order valence-corrected chi connectivity index (χ1v) is 5.70. The van der Waals surface area contributed by atoms with Crippen LogP contribution >= 0.6 is 0 Å². The number of benzene rings is 1. The van der Waals surface area contributed by atoms with Crippen LogP contribution in [0.15, 0.2) is 30.4 Å². The third-order valence-electron chi connectivity index (χ3n) is 2.59. The summed E-state index contributed by atoms with van der Waals surface area (Å²) in [6.45, 7) is 10.6. The minimum atomic E-state index is -0.00945. The zero-order valence-corrected chi connectivity index (χ0v) is 10.4. The Balaban J connectivity index is 2.82. The molecule has 0 amide bonds. The molecule has 2 N–H and O–H groups in total. The Morgan fingerprint density at radius 1 is 1.50 bits per heavy atom. The minimum absolute atomic E-state index is 0.00945. The molecule has 0 saturated carbocycles. The van der Waals surface area contributed by atoms with Gasteiger partial charge < -0.3 is 10.5 Å². The van der Waals surface area contributed by atoms with Crippen LogP contribution in [0.3, 0.4) is 0 Å². The Morgan fingerprint density at radius 3 is 2.75 bits per heavy atom. The molecule has 2 heteroatoms. The Kier molecular flexibility index (Phi) is 4.56. The predicted molar refractivity (Wildman–Crippen MR) is 68.7 cm³/mol. The minimum Gasteiger partial charge on any atom is -0.489 e. The molecule has 0 heterocycles. The third kappa shape index (κ3) is 3.38. The Morgan fingerprint density at radius 2 is 2.19 bits per heavy atom. The molecule has 1 aromatic rings. The van der Waals surface area contributed by atoms with Gasteiger partial charge in [-0.3, -0.25) is 0 Å². The number of aryl methyl sites for hydroxylation is 1. The van der Waals surface area contributed by atoms with E-state index in [4.69, 9.17) is 10.5 Å². The van der Waals surface area contributed by atoms with Crippen LogP contribution in [0.25, 0.3) is 0 Å². The van der Waals surface area contributed by atoms with E-state index in [-0.39, 0.29) is 6.04 Å². The van der Waals surface area contributed by atoms with E-state index in [1.165, 1.54) is 5.56 Å². The number of rotatable bonds is 5. The molecule has 1 aromatic carbocycles. The molecule has 0 unspecified atom stereocenters. The highest BCUT2D eigenvalue weighted by molar-refractivity contribution is 5.38. The molecule has 0 aliphatic carbocycles. The van der Waals surface area contributed by atoms with Crippen molar-refractivity contribution in [3.8, 4) is 5.75 Å². The van der Waals surface area contributed by atoms with Crippen molar-refractivity contribution in [2.45, 2.75) is 33.2 Å². The second kappa shape index (κ2) is 5.71. The van der Waals surface area contributed by atoms with E-state index < -0.39 is 0 Å². The maximum absolute atomic E-state index is 5.92. The molecular formula is C14H21NO. The average molecular weight is 219 g/mol. The van der Waals surface area contributed by atoms with Crippen molar-refractivity contribution in [2.24, 2.45) is 5.73 Å². The highest BCUT2D eigenvalue weighted by atomic mass is 16.5. The number of nitrogens with two attached hydrogens (primary N) is 1. The summed E-state index contributed by atoms with van der Waals surface area (Å²) in [5.74, 6) is 0.871. The van der Waals surface area contributed by atoms with Gasteiger partial charge in [-0.2, -0.15) is 0 Å². The van der Waals surface area contributed by atoms with Crippen LogP contribution in [-0.4, -0.2) is 6.61 Å². The predicted octanol–water partition coefficient (Wildman–Crippen LogP) is 3.36. The van der Waals surface area contributed by atoms with Crippen LogP contribution in [0.1, 0.15) is 37.4 Å². The summed E-state index contributed by atoms with van der Waals surface area (Å²) in [7, 11) is 0. The summed E-state index contributed by atoms with van der Waals surface area (Å²) in [5.41, 5.74) is 9.28. The van der Waals surface area contributed by atoms with Crippen molar-refractivity contribution in [2.75, 3.05) is 6.61 Å². The lowest BCUT2D eigenvalue weighted by atomic mass is 10.1. The van der Waals surface area contributed by atoms with Crippen molar-refractivity contribution in [1.82, 2.24) is 0 Å². The molecule has 16 heavy (non-hydrogen) atoms. The smallest absolute Gasteiger partial charge is 0.124 e. The quantitative estimate of drug-likeness (QED) is 0.771. The van der Waals surface area contributed by atoms with Crippen molar-refractivity contribution < 1.29 is 4.74 Å². The van der Waals surface area contributed by atoms with Crippen LogP contribution < -0.4 is 10.5 Å². The van der Waals surface area contributed by atoms with E-state index in [2.05, 4.69) is 26.5 Å². The number of hydrogen-bond donors (Lipinski definition) is 1. The Bertz CT molecular complexity index is 369. The normalized spacial score (nSPS) is 12.2. The topological polar surface area (TPSA) is 35.2 Å². The largest absolute Gasteiger partial charge is 0.489 e. The van der Waals surface area contributed by atoms with Gasteiger partial charge in [0.15, 0.2) is 0 Å². The van der Waals surface area contributed by atoms with E-state index in [0.29, 0.717) is 6.61 Å². The fraction of sp³-hybridized carbons (Fsp3) is 0.429. The lowest BCUT2D eigenvalue weighted by Crippen LogP contribution is -2.09. The fourth-order valence-electron chi connectivity index (χ4n) is 1.44. The van der Waals surface area contributed by atoms with Gasteiger partial charge in [0.2, 0.25) is 0 Å². The van der Waals surface area contributed by atoms with Crippen LogP contribution in [0, 0.1) is 6.92 Å². The molecule has 0 aliphatic rings. The molecular weight excluding hydrogens is 198 g/mol. The van der Waals surface area contributed by atoms with Crippen molar-refractivity contribution in [3.05, 3.63) is 41.5 Å². The second-order valence-electron chi connectivity index (χ2n) is 4.22. The Hall–Kier alpha value is -1.28. The molecule has 0 saturated heterocycles. The van der Waals surface area contributed by atoms with Gasteiger partial charge in [0.1, 0.15) is 12.4 Å². The first-order chi connectivity index (χ1) is 7.54. The first-order valence-electron chi connectivity index (χ1n) is 5.70. The molecule has 0 aliphatic heterocycles. The summed E-state index contributed by atoms with van der Waals surface area (Å²) < 4.78 is 5.73. The van der Waals surface area contributed by atoms with Crippen LogP contribution in [0.2, 0.25) is 0 Å². The van der Waals surface area contributed by atoms with Gasteiger partial charge in [-0.25, -0.2) is 0 Å². The second-order valence-corrected chi connectivity index (χ2v) is 4.22. The van der Waals surface area contributed by atoms with Gasteiger partial charge in [-0.1, -0.05) is 31.2 Å². The lowest BCUT2D eigenvalue weighted by Gasteiger charge is -2.15. The van der Waals surface area contributed by atoms with Gasteiger partial charge in [0, 0.05) is 11.6 Å². The van der Waals surface area contributed by atoms with Crippen molar-refractivity contribution >= 4 is 0 Å². The summed E-state index contributed by atoms with van der Waals surface area (Å²) >= 11 is 0. The summed E-state index contributed by atoms with van der Waals surface area (Å²) in [6, 6.07) is 6.09. The van der Waals surface area contributed by atoms with Crippen molar-refractivity contribution in [3.63, 3.8) is 0 Å². The molecule has 88 valence electrons. The van der Waals surface area contributed by atoms with E-state index in [1.54, 1.807) is 0 Å². The molecule has 0 bridgehead atoms. The molecule has 0 fully saturated rings. The van der Waals surface area contributed by atoms with Gasteiger partial charge in [-0.15, -0.1) is 0 Å². The summed E-state index contributed by atoms with van der Waals surface area (Å²) in [5, 5.41) is 0. The van der Waals surface area contributed by atoms with Crippen molar-refractivity contribution in [1.29, 1.82) is 0 Å². The molecule has 2 nitrogen and oxygen atoms in total. The Labute approximate surface area is 98.1 Å². The first kappa shape index (κ1) is 12.8. The maximum atomic E-state index is 5.92. The molecule has 0 aromatic heterocycles. The zero-order valence-electron chi connectivity index (χ0n) is 10.4. The maximum Gasteiger partial charge on any atom is 0.124 e. The monoisotopic (exact) mass is 219 g/mol. The molecule has 0 radical (unpaired) electrons. The van der Waals surface area contributed by atoms with E-state index in [9.17, 15) is 0 Å². The van der Waals surface area contributed by atoms with E-state index >= 15 is 0 Å². The highest BCUT2D eigenvalue weighted by Gasteiger charge is 2.08. The van der Waals surface area contributed by atoms with Crippen LogP contribution in [-0.2, 0) is 0 Å². The lowest BCUT2D eigenvalue weighted by molar-refractivity contribution is 0.343. The van der Waals surface area contributed by atoms with Crippen LogP contribution in [0.4, 0.5) is 0 Å². The molecule has 0 spiro atoms. The SMILES string of the molecule is C=C(CC)COc1ccc(C)cc1[C@H](C)N. The molecule has 1 rings (SSSR count). The third-order valence-corrected chi connectivity index (χ3v) is 2.59. The highest BCUT2D eigenvalue weighted by Crippen LogP contribution is 2.25. The number of hydrogen-bond acceptors (Lipinski definition) is 2. The molecule has 1 atom stereocenters. The summed E-state index contributed by atoms with van der Waals surface area (Å²) in [4.78, 5) is 0. The van der Waals surface area contributed by atoms with Gasteiger partial charge >= 0.3 is 0 Å². The van der Waals surface area contributed by atoms with E-state index in [1.807, 2.05) is 19.1 Å².